The fourth-order valence-corrected chi connectivity index (χ4v) is 2.20. The van der Waals surface area contributed by atoms with E-state index >= 15 is 0 Å². The molecule has 0 saturated heterocycles. The van der Waals surface area contributed by atoms with Crippen molar-refractivity contribution in [1.29, 1.82) is 0 Å². The van der Waals surface area contributed by atoms with Crippen LogP contribution in [-0.2, 0) is 11.2 Å². The van der Waals surface area contributed by atoms with Gasteiger partial charge in [0.15, 0.2) is 0 Å². The van der Waals surface area contributed by atoms with Gasteiger partial charge in [-0.15, -0.1) is 12.4 Å². The van der Waals surface area contributed by atoms with E-state index in [1.165, 1.54) is 12.8 Å². The molecule has 0 spiro atoms. The molecule has 1 aliphatic rings. The molecule has 112 valence electrons. The van der Waals surface area contributed by atoms with Crippen molar-refractivity contribution >= 4 is 18.3 Å². The minimum Gasteiger partial charge on any atom is -0.496 e. The summed E-state index contributed by atoms with van der Waals surface area (Å²) in [6.45, 7) is 2.57. The van der Waals surface area contributed by atoms with Gasteiger partial charge in [-0.3, -0.25) is 4.79 Å². The molecule has 1 fully saturated rings. The first kappa shape index (κ1) is 16.8. The van der Waals surface area contributed by atoms with Gasteiger partial charge in [0, 0.05) is 18.2 Å². The van der Waals surface area contributed by atoms with E-state index in [0.29, 0.717) is 18.9 Å². The largest absolute Gasteiger partial charge is 0.496 e. The Morgan fingerprint density at radius 3 is 2.80 bits per heavy atom. The Labute approximate surface area is 126 Å². The highest BCUT2D eigenvalue weighted by Crippen LogP contribution is 2.31. The maximum absolute atomic E-state index is 11.9. The number of ether oxygens (including phenoxy) is 1. The molecule has 0 radical (unpaired) electrons. The minimum atomic E-state index is 0. The van der Waals surface area contributed by atoms with Gasteiger partial charge < -0.3 is 15.8 Å². The van der Waals surface area contributed by atoms with Crippen molar-refractivity contribution in [2.45, 2.75) is 32.2 Å². The summed E-state index contributed by atoms with van der Waals surface area (Å²) in [6, 6.07) is 5.96. The SMILES string of the molecule is COc1ccc(C)cc1CC(=O)NCC(N)C1CC1.Cl. The Morgan fingerprint density at radius 1 is 1.50 bits per heavy atom. The van der Waals surface area contributed by atoms with E-state index in [1.54, 1.807) is 7.11 Å². The van der Waals surface area contributed by atoms with E-state index < -0.39 is 0 Å². The van der Waals surface area contributed by atoms with Crippen LogP contribution in [0.3, 0.4) is 0 Å². The molecule has 1 aromatic rings. The molecule has 1 atom stereocenters. The van der Waals surface area contributed by atoms with Gasteiger partial charge in [0.25, 0.3) is 0 Å². The summed E-state index contributed by atoms with van der Waals surface area (Å²) in [6.07, 6.45) is 2.73. The molecule has 1 aromatic carbocycles. The standard InChI is InChI=1S/C15H22N2O2.ClH/c1-10-3-6-14(19-2)12(7-10)8-15(18)17-9-13(16)11-4-5-11;/h3,6-7,11,13H,4-5,8-9,16H2,1-2H3,(H,17,18);1H. The number of nitrogens with one attached hydrogen (secondary N) is 1. The van der Waals surface area contributed by atoms with E-state index in [1.807, 2.05) is 25.1 Å². The number of carbonyl (C=O) groups is 1. The monoisotopic (exact) mass is 298 g/mol. The second-order valence-corrected chi connectivity index (χ2v) is 5.30. The lowest BCUT2D eigenvalue weighted by molar-refractivity contribution is -0.120. The maximum atomic E-state index is 11.9. The van der Waals surface area contributed by atoms with Crippen molar-refractivity contribution < 1.29 is 9.53 Å². The van der Waals surface area contributed by atoms with Crippen molar-refractivity contribution in [2.75, 3.05) is 13.7 Å². The van der Waals surface area contributed by atoms with Crippen LogP contribution in [0.2, 0.25) is 0 Å². The Hall–Kier alpha value is -1.26. The van der Waals surface area contributed by atoms with Crippen molar-refractivity contribution in [3.05, 3.63) is 29.3 Å². The molecule has 4 nitrogen and oxygen atoms in total. The van der Waals surface area contributed by atoms with E-state index in [4.69, 9.17) is 10.5 Å². The minimum absolute atomic E-state index is 0. The van der Waals surface area contributed by atoms with Crippen LogP contribution in [0.1, 0.15) is 24.0 Å². The summed E-state index contributed by atoms with van der Waals surface area (Å²) >= 11 is 0. The van der Waals surface area contributed by atoms with Crippen LogP contribution in [-0.4, -0.2) is 25.6 Å². The number of aryl methyl sites for hydroxylation is 1. The molecule has 0 aromatic heterocycles. The Kier molecular flexibility index (Phi) is 6.30. The highest BCUT2D eigenvalue weighted by atomic mass is 35.5. The Balaban J connectivity index is 0.00000200. The second-order valence-electron chi connectivity index (χ2n) is 5.30. The molecule has 2 rings (SSSR count). The van der Waals surface area contributed by atoms with Crippen LogP contribution in [0, 0.1) is 12.8 Å². The third-order valence-electron chi connectivity index (χ3n) is 3.55. The summed E-state index contributed by atoms with van der Waals surface area (Å²) in [5.41, 5.74) is 8.00. The van der Waals surface area contributed by atoms with Gasteiger partial charge in [-0.25, -0.2) is 0 Å². The molecule has 1 unspecified atom stereocenters. The zero-order valence-corrected chi connectivity index (χ0v) is 12.8. The molecule has 0 aliphatic heterocycles. The van der Waals surface area contributed by atoms with E-state index in [2.05, 4.69) is 5.32 Å². The summed E-state index contributed by atoms with van der Waals surface area (Å²) in [5, 5.41) is 2.90. The molecule has 1 amide bonds. The Morgan fingerprint density at radius 2 is 2.20 bits per heavy atom. The van der Waals surface area contributed by atoms with E-state index in [9.17, 15) is 4.79 Å². The highest BCUT2D eigenvalue weighted by Gasteiger charge is 2.28. The Bertz CT molecular complexity index is 461. The number of halogens is 1. The zero-order chi connectivity index (χ0) is 13.8. The molecule has 0 heterocycles. The molecular formula is C15H23ClN2O2. The van der Waals surface area contributed by atoms with Gasteiger partial charge in [0.1, 0.15) is 5.75 Å². The van der Waals surface area contributed by atoms with Gasteiger partial charge in [0.05, 0.1) is 13.5 Å². The fraction of sp³-hybridized carbons (Fsp3) is 0.533. The maximum Gasteiger partial charge on any atom is 0.224 e. The molecule has 1 saturated carbocycles. The smallest absolute Gasteiger partial charge is 0.224 e. The molecule has 5 heteroatoms. The van der Waals surface area contributed by atoms with Gasteiger partial charge in [-0.1, -0.05) is 17.7 Å². The van der Waals surface area contributed by atoms with E-state index in [-0.39, 0.29) is 24.4 Å². The normalized spacial score (nSPS) is 15.2. The highest BCUT2D eigenvalue weighted by molar-refractivity contribution is 5.85. The van der Waals surface area contributed by atoms with Crippen LogP contribution >= 0.6 is 12.4 Å². The number of methoxy groups -OCH3 is 1. The lowest BCUT2D eigenvalue weighted by atomic mass is 10.1. The van der Waals surface area contributed by atoms with Crippen molar-refractivity contribution in [1.82, 2.24) is 5.32 Å². The van der Waals surface area contributed by atoms with Crippen LogP contribution in [0.25, 0.3) is 0 Å². The number of rotatable bonds is 6. The summed E-state index contributed by atoms with van der Waals surface area (Å²) in [4.78, 5) is 11.9. The fourth-order valence-electron chi connectivity index (χ4n) is 2.20. The van der Waals surface area contributed by atoms with Crippen LogP contribution in [0.5, 0.6) is 5.75 Å². The third kappa shape index (κ3) is 4.69. The molecule has 3 N–H and O–H groups in total. The first-order valence-corrected chi connectivity index (χ1v) is 6.76. The molecular weight excluding hydrogens is 276 g/mol. The predicted octanol–water partition coefficient (Wildman–Crippen LogP) is 1.82. The van der Waals surface area contributed by atoms with E-state index in [0.717, 1.165) is 16.9 Å². The lowest BCUT2D eigenvalue weighted by Gasteiger charge is -2.13. The molecule has 1 aliphatic carbocycles. The third-order valence-corrected chi connectivity index (χ3v) is 3.55. The number of carbonyl (C=O) groups excluding carboxylic acids is 1. The van der Waals surface area contributed by atoms with Gasteiger partial charge in [-0.05, 0) is 31.7 Å². The number of hydrogen-bond acceptors (Lipinski definition) is 3. The van der Waals surface area contributed by atoms with Crippen molar-refractivity contribution in [2.24, 2.45) is 11.7 Å². The summed E-state index contributed by atoms with van der Waals surface area (Å²) in [5.74, 6) is 1.36. The first-order chi connectivity index (χ1) is 9.10. The lowest BCUT2D eigenvalue weighted by Crippen LogP contribution is -2.39. The summed E-state index contributed by atoms with van der Waals surface area (Å²) in [7, 11) is 1.62. The molecule has 0 bridgehead atoms. The number of nitrogens with two attached hydrogens (primary N) is 1. The summed E-state index contributed by atoms with van der Waals surface area (Å²) < 4.78 is 5.27. The van der Waals surface area contributed by atoms with Gasteiger partial charge in [0.2, 0.25) is 5.91 Å². The first-order valence-electron chi connectivity index (χ1n) is 6.76. The topological polar surface area (TPSA) is 64.3 Å². The molecule has 20 heavy (non-hydrogen) atoms. The number of hydrogen-bond donors (Lipinski definition) is 2. The van der Waals surface area contributed by atoms with Crippen LogP contribution < -0.4 is 15.8 Å². The average Bonchev–Trinajstić information content (AvgIpc) is 3.20. The zero-order valence-electron chi connectivity index (χ0n) is 12.0. The number of amides is 1. The van der Waals surface area contributed by atoms with Crippen molar-refractivity contribution in [3.63, 3.8) is 0 Å². The van der Waals surface area contributed by atoms with Gasteiger partial charge in [-0.2, -0.15) is 0 Å². The quantitative estimate of drug-likeness (QED) is 0.842. The van der Waals surface area contributed by atoms with Crippen molar-refractivity contribution in [3.8, 4) is 5.75 Å². The van der Waals surface area contributed by atoms with Crippen LogP contribution in [0.4, 0.5) is 0 Å². The number of benzene rings is 1. The average molecular weight is 299 g/mol. The predicted molar refractivity (Wildman–Crippen MR) is 82.4 cm³/mol. The van der Waals surface area contributed by atoms with Gasteiger partial charge >= 0.3 is 0 Å². The van der Waals surface area contributed by atoms with Crippen LogP contribution in [0.15, 0.2) is 18.2 Å². The second kappa shape index (κ2) is 7.50.